The summed E-state index contributed by atoms with van der Waals surface area (Å²) < 4.78 is 15.6. The predicted molar refractivity (Wildman–Crippen MR) is 135 cm³/mol. The summed E-state index contributed by atoms with van der Waals surface area (Å²) in [7, 11) is 0. The molecule has 1 aromatic heterocycles. The van der Waals surface area contributed by atoms with Gasteiger partial charge in [0.1, 0.15) is 5.82 Å². The number of halogens is 1. The van der Waals surface area contributed by atoms with E-state index in [2.05, 4.69) is 76.2 Å². The van der Waals surface area contributed by atoms with Crippen molar-refractivity contribution in [2.45, 2.75) is 32.2 Å². The van der Waals surface area contributed by atoms with Crippen LogP contribution in [0.2, 0.25) is 0 Å². The molecule has 0 radical (unpaired) electrons. The van der Waals surface area contributed by atoms with Crippen LogP contribution in [0, 0.1) is 5.82 Å². The molecule has 1 aliphatic heterocycles. The first kappa shape index (κ1) is 22.3. The number of aromatic nitrogens is 1. The minimum absolute atomic E-state index is 0.0807. The Labute approximate surface area is 200 Å². The molecular formula is C30H29FN2O. The van der Waals surface area contributed by atoms with E-state index in [1.165, 1.54) is 40.3 Å². The lowest BCUT2D eigenvalue weighted by Crippen LogP contribution is -2.24. The van der Waals surface area contributed by atoms with Crippen molar-refractivity contribution in [1.82, 2.24) is 9.47 Å². The molecule has 3 nitrogen and oxygen atoms in total. The fraction of sp³-hybridized carbons (Fsp3) is 0.233. The molecule has 0 saturated carbocycles. The van der Waals surface area contributed by atoms with E-state index in [4.69, 9.17) is 0 Å². The monoisotopic (exact) mass is 452 g/mol. The molecule has 0 amide bonds. The average Bonchev–Trinajstić information content (AvgIpc) is 3.11. The number of carbonyl (C=O) groups excluding carboxylic acids is 1. The molecule has 0 saturated heterocycles. The van der Waals surface area contributed by atoms with Gasteiger partial charge in [-0.15, -0.1) is 0 Å². The van der Waals surface area contributed by atoms with Gasteiger partial charge in [0.15, 0.2) is 5.78 Å². The van der Waals surface area contributed by atoms with Crippen molar-refractivity contribution in [2.24, 2.45) is 0 Å². The topological polar surface area (TPSA) is 25.2 Å². The number of fused-ring (bicyclic) bond motifs is 1. The lowest BCUT2D eigenvalue weighted by molar-refractivity contribution is 0.0974. The van der Waals surface area contributed by atoms with Crippen LogP contribution in [-0.2, 0) is 13.0 Å². The molecule has 0 atom stereocenters. The highest BCUT2D eigenvalue weighted by Crippen LogP contribution is 2.32. The van der Waals surface area contributed by atoms with E-state index >= 15 is 0 Å². The molecular weight excluding hydrogens is 423 g/mol. The van der Waals surface area contributed by atoms with Crippen LogP contribution in [0.15, 0.2) is 91.0 Å². The SMILES string of the molecule is O=C(CCCN1CCCc2c(cc(-c3ccccc3)n2-c2ccccc2)C1)c1ccc(F)cc1. The van der Waals surface area contributed by atoms with Crippen molar-refractivity contribution >= 4 is 5.78 Å². The lowest BCUT2D eigenvalue weighted by Gasteiger charge is -2.19. The molecule has 4 aromatic rings. The summed E-state index contributed by atoms with van der Waals surface area (Å²) in [6.07, 6.45) is 3.40. The normalized spacial score (nSPS) is 13.9. The Hall–Kier alpha value is -3.50. The summed E-state index contributed by atoms with van der Waals surface area (Å²) in [5.74, 6) is -0.230. The standard InChI is InChI=1S/C30H29FN2O/c31-26-17-15-24(16-18-26)30(34)14-8-20-32-19-7-13-28-25(22-32)21-29(23-9-3-1-4-10-23)33(28)27-11-5-2-6-12-27/h1-6,9-12,15-18,21H,7-8,13-14,19-20,22H2. The van der Waals surface area contributed by atoms with Gasteiger partial charge in [-0.05, 0) is 85.9 Å². The third-order valence-corrected chi connectivity index (χ3v) is 6.60. The largest absolute Gasteiger partial charge is 0.313 e. The highest BCUT2D eigenvalue weighted by molar-refractivity contribution is 5.95. The number of hydrogen-bond donors (Lipinski definition) is 0. The summed E-state index contributed by atoms with van der Waals surface area (Å²) in [6, 6.07) is 29.4. The van der Waals surface area contributed by atoms with Gasteiger partial charge in [-0.3, -0.25) is 9.69 Å². The first-order chi connectivity index (χ1) is 16.7. The smallest absolute Gasteiger partial charge is 0.162 e. The minimum Gasteiger partial charge on any atom is -0.313 e. The predicted octanol–water partition coefficient (Wildman–Crippen LogP) is 6.69. The first-order valence-corrected chi connectivity index (χ1v) is 12.0. The summed E-state index contributed by atoms with van der Waals surface area (Å²) in [6.45, 7) is 2.79. The number of Topliss-reactive ketones (excluding diaryl/α,β-unsaturated/α-hetero) is 1. The molecule has 5 rings (SSSR count). The fourth-order valence-electron chi connectivity index (χ4n) is 4.93. The van der Waals surface area contributed by atoms with Gasteiger partial charge in [0.05, 0.1) is 5.69 Å². The van der Waals surface area contributed by atoms with E-state index in [-0.39, 0.29) is 11.6 Å². The third kappa shape index (κ3) is 4.87. The number of carbonyl (C=O) groups is 1. The van der Waals surface area contributed by atoms with Crippen LogP contribution >= 0.6 is 0 Å². The Morgan fingerprint density at radius 2 is 1.59 bits per heavy atom. The van der Waals surface area contributed by atoms with Crippen molar-refractivity contribution in [1.29, 1.82) is 0 Å². The van der Waals surface area contributed by atoms with E-state index in [1.807, 2.05) is 0 Å². The van der Waals surface area contributed by atoms with Gasteiger partial charge in [-0.2, -0.15) is 0 Å². The lowest BCUT2D eigenvalue weighted by atomic mass is 10.1. The van der Waals surface area contributed by atoms with Crippen LogP contribution in [-0.4, -0.2) is 28.3 Å². The van der Waals surface area contributed by atoms with Crippen LogP contribution < -0.4 is 0 Å². The molecule has 0 unspecified atom stereocenters. The second-order valence-electron chi connectivity index (χ2n) is 8.95. The highest BCUT2D eigenvalue weighted by Gasteiger charge is 2.22. The first-order valence-electron chi connectivity index (χ1n) is 12.0. The van der Waals surface area contributed by atoms with E-state index < -0.39 is 0 Å². The Morgan fingerprint density at radius 3 is 2.32 bits per heavy atom. The van der Waals surface area contributed by atoms with Gasteiger partial charge >= 0.3 is 0 Å². The summed E-state index contributed by atoms with van der Waals surface area (Å²) in [5, 5.41) is 0. The number of ketones is 1. The zero-order chi connectivity index (χ0) is 23.3. The Balaban J connectivity index is 1.34. The summed E-state index contributed by atoms with van der Waals surface area (Å²) in [5.41, 5.74) is 6.98. The molecule has 2 heterocycles. The maximum absolute atomic E-state index is 13.1. The van der Waals surface area contributed by atoms with Crippen molar-refractivity contribution < 1.29 is 9.18 Å². The Bertz CT molecular complexity index is 1250. The van der Waals surface area contributed by atoms with Gasteiger partial charge in [0.25, 0.3) is 0 Å². The molecule has 0 bridgehead atoms. The molecule has 172 valence electrons. The van der Waals surface area contributed by atoms with Crippen LogP contribution in [0.5, 0.6) is 0 Å². The number of rotatable bonds is 7. The number of para-hydroxylation sites is 1. The Morgan fingerprint density at radius 1 is 0.882 bits per heavy atom. The highest BCUT2D eigenvalue weighted by atomic mass is 19.1. The van der Waals surface area contributed by atoms with Gasteiger partial charge in [-0.1, -0.05) is 48.5 Å². The Kier molecular flexibility index (Phi) is 6.68. The van der Waals surface area contributed by atoms with E-state index in [0.717, 1.165) is 38.9 Å². The van der Waals surface area contributed by atoms with E-state index in [9.17, 15) is 9.18 Å². The maximum Gasteiger partial charge on any atom is 0.162 e. The van der Waals surface area contributed by atoms with E-state index in [1.54, 1.807) is 12.1 Å². The quantitative estimate of drug-likeness (QED) is 0.292. The average molecular weight is 453 g/mol. The second kappa shape index (κ2) is 10.2. The van der Waals surface area contributed by atoms with Crippen LogP contribution in [0.4, 0.5) is 4.39 Å². The molecule has 34 heavy (non-hydrogen) atoms. The molecule has 1 aliphatic rings. The fourth-order valence-corrected chi connectivity index (χ4v) is 4.93. The zero-order valence-electron chi connectivity index (χ0n) is 19.3. The molecule has 3 aromatic carbocycles. The number of nitrogens with zero attached hydrogens (tertiary/aromatic N) is 2. The zero-order valence-corrected chi connectivity index (χ0v) is 19.3. The second-order valence-corrected chi connectivity index (χ2v) is 8.95. The summed E-state index contributed by atoms with van der Waals surface area (Å²) in [4.78, 5) is 14.9. The third-order valence-electron chi connectivity index (χ3n) is 6.60. The molecule has 4 heteroatoms. The van der Waals surface area contributed by atoms with Crippen molar-refractivity contribution in [3.63, 3.8) is 0 Å². The van der Waals surface area contributed by atoms with E-state index in [0.29, 0.717) is 12.0 Å². The van der Waals surface area contributed by atoms with Gasteiger partial charge in [-0.25, -0.2) is 4.39 Å². The minimum atomic E-state index is -0.311. The number of benzene rings is 3. The van der Waals surface area contributed by atoms with Gasteiger partial charge in [0.2, 0.25) is 0 Å². The summed E-state index contributed by atoms with van der Waals surface area (Å²) >= 11 is 0. The molecule has 0 spiro atoms. The van der Waals surface area contributed by atoms with Gasteiger partial charge < -0.3 is 4.57 Å². The van der Waals surface area contributed by atoms with Crippen LogP contribution in [0.3, 0.4) is 0 Å². The number of hydrogen-bond acceptors (Lipinski definition) is 2. The molecule has 0 aliphatic carbocycles. The molecule has 0 N–H and O–H groups in total. The maximum atomic E-state index is 13.1. The van der Waals surface area contributed by atoms with Crippen LogP contribution in [0.1, 0.15) is 40.9 Å². The van der Waals surface area contributed by atoms with Gasteiger partial charge in [0, 0.05) is 29.9 Å². The van der Waals surface area contributed by atoms with Crippen molar-refractivity contribution in [2.75, 3.05) is 13.1 Å². The van der Waals surface area contributed by atoms with Crippen molar-refractivity contribution in [3.05, 3.63) is 114 Å². The van der Waals surface area contributed by atoms with Crippen molar-refractivity contribution in [3.8, 4) is 16.9 Å². The van der Waals surface area contributed by atoms with Crippen LogP contribution in [0.25, 0.3) is 16.9 Å². The molecule has 0 fully saturated rings.